The maximum atomic E-state index is 12.5. The fourth-order valence-electron chi connectivity index (χ4n) is 2.12. The third kappa shape index (κ3) is 5.70. The zero-order valence-corrected chi connectivity index (χ0v) is 16.3. The number of likely N-dealkylation sites (N-methyl/N-ethyl adjacent to an activating group) is 1. The Morgan fingerprint density at radius 2 is 1.81 bits per heavy atom. The Bertz CT molecular complexity index is 929. The second-order valence-corrected chi connectivity index (χ2v) is 7.70. The summed E-state index contributed by atoms with van der Waals surface area (Å²) in [7, 11) is -3.92. The van der Waals surface area contributed by atoms with Gasteiger partial charge in [0, 0.05) is 17.3 Å². The van der Waals surface area contributed by atoms with E-state index < -0.39 is 28.0 Å². The summed E-state index contributed by atoms with van der Waals surface area (Å²) in [5, 5.41) is 3.01. The van der Waals surface area contributed by atoms with E-state index in [9.17, 15) is 18.0 Å². The highest BCUT2D eigenvalue weighted by molar-refractivity contribution is 7.92. The smallest absolute Gasteiger partial charge is 0.338 e. The van der Waals surface area contributed by atoms with Gasteiger partial charge in [-0.1, -0.05) is 17.7 Å². The van der Waals surface area contributed by atoms with Crippen molar-refractivity contribution in [3.63, 3.8) is 0 Å². The predicted molar refractivity (Wildman–Crippen MR) is 102 cm³/mol. The molecule has 0 fully saturated rings. The Balaban J connectivity index is 2.17. The van der Waals surface area contributed by atoms with Gasteiger partial charge >= 0.3 is 5.97 Å². The molecule has 27 heavy (non-hydrogen) atoms. The molecule has 0 heterocycles. The molecule has 1 amide bonds. The number of amides is 1. The zero-order chi connectivity index (χ0) is 20.0. The number of rotatable bonds is 7. The van der Waals surface area contributed by atoms with Gasteiger partial charge in [0.05, 0.1) is 10.5 Å². The van der Waals surface area contributed by atoms with Crippen LogP contribution in [0.4, 0.5) is 5.69 Å². The maximum absolute atomic E-state index is 12.5. The van der Waals surface area contributed by atoms with E-state index in [1.807, 2.05) is 0 Å². The number of nitrogens with one attached hydrogen (secondary N) is 2. The van der Waals surface area contributed by atoms with Crippen molar-refractivity contribution in [1.82, 2.24) is 5.32 Å². The van der Waals surface area contributed by atoms with Crippen molar-refractivity contribution in [1.29, 1.82) is 0 Å². The fraction of sp³-hybridized carbons (Fsp3) is 0.222. The van der Waals surface area contributed by atoms with Gasteiger partial charge in [-0.3, -0.25) is 9.52 Å². The summed E-state index contributed by atoms with van der Waals surface area (Å²) in [5.74, 6) is -1.23. The van der Waals surface area contributed by atoms with Crippen molar-refractivity contribution in [2.24, 2.45) is 0 Å². The highest BCUT2D eigenvalue weighted by Crippen LogP contribution is 2.19. The summed E-state index contributed by atoms with van der Waals surface area (Å²) in [4.78, 5) is 23.8. The van der Waals surface area contributed by atoms with E-state index in [1.54, 1.807) is 19.1 Å². The molecule has 2 rings (SSSR count). The van der Waals surface area contributed by atoms with Gasteiger partial charge < -0.3 is 10.1 Å². The average molecular weight is 411 g/mol. The molecular weight excluding hydrogens is 392 g/mol. The van der Waals surface area contributed by atoms with Crippen LogP contribution < -0.4 is 10.0 Å². The minimum atomic E-state index is -3.92. The zero-order valence-electron chi connectivity index (χ0n) is 14.7. The van der Waals surface area contributed by atoms with Crippen LogP contribution in [0, 0.1) is 0 Å². The van der Waals surface area contributed by atoms with Crippen molar-refractivity contribution < 1.29 is 22.7 Å². The monoisotopic (exact) mass is 410 g/mol. The fourth-order valence-corrected chi connectivity index (χ4v) is 3.35. The van der Waals surface area contributed by atoms with Gasteiger partial charge in [-0.2, -0.15) is 0 Å². The van der Waals surface area contributed by atoms with E-state index in [-0.39, 0.29) is 10.5 Å². The number of hydrogen-bond donors (Lipinski definition) is 2. The summed E-state index contributed by atoms with van der Waals surface area (Å²) in [6.07, 6.45) is -0.995. The summed E-state index contributed by atoms with van der Waals surface area (Å²) in [6, 6.07) is 11.5. The number of halogens is 1. The van der Waals surface area contributed by atoms with Crippen molar-refractivity contribution >= 4 is 39.2 Å². The van der Waals surface area contributed by atoms with Crippen molar-refractivity contribution in [2.45, 2.75) is 24.8 Å². The van der Waals surface area contributed by atoms with Gasteiger partial charge in [-0.05, 0) is 56.3 Å². The Kier molecular flexibility index (Phi) is 6.81. The lowest BCUT2D eigenvalue weighted by Crippen LogP contribution is -2.35. The van der Waals surface area contributed by atoms with E-state index >= 15 is 0 Å². The van der Waals surface area contributed by atoms with E-state index in [0.717, 1.165) is 0 Å². The highest BCUT2D eigenvalue weighted by atomic mass is 35.5. The molecule has 2 aromatic carbocycles. The Hall–Kier alpha value is -2.58. The van der Waals surface area contributed by atoms with E-state index in [0.29, 0.717) is 17.3 Å². The van der Waals surface area contributed by atoms with E-state index in [1.165, 1.54) is 43.3 Å². The molecule has 1 atom stereocenters. The van der Waals surface area contributed by atoms with Crippen molar-refractivity contribution in [3.8, 4) is 0 Å². The normalized spacial score (nSPS) is 12.1. The van der Waals surface area contributed by atoms with Gasteiger partial charge in [-0.15, -0.1) is 0 Å². The quantitative estimate of drug-likeness (QED) is 0.683. The molecule has 0 radical (unpaired) electrons. The molecule has 2 aromatic rings. The number of hydrogen-bond acceptors (Lipinski definition) is 5. The topological polar surface area (TPSA) is 102 Å². The minimum absolute atomic E-state index is 0.0186. The molecule has 0 unspecified atom stereocenters. The number of ether oxygens (including phenoxy) is 1. The Morgan fingerprint density at radius 1 is 1.15 bits per heavy atom. The van der Waals surface area contributed by atoms with Gasteiger partial charge in [0.2, 0.25) is 0 Å². The van der Waals surface area contributed by atoms with Gasteiger partial charge in [-0.25, -0.2) is 13.2 Å². The lowest BCUT2D eigenvalue weighted by molar-refractivity contribution is -0.128. The summed E-state index contributed by atoms with van der Waals surface area (Å²) < 4.78 is 32.5. The van der Waals surface area contributed by atoms with Crippen LogP contribution in [0.3, 0.4) is 0 Å². The van der Waals surface area contributed by atoms with Crippen LogP contribution in [-0.4, -0.2) is 32.9 Å². The summed E-state index contributed by atoms with van der Waals surface area (Å²) >= 11 is 5.78. The van der Waals surface area contributed by atoms with Crippen LogP contribution in [0.5, 0.6) is 0 Å². The average Bonchev–Trinajstić information content (AvgIpc) is 2.63. The molecule has 0 saturated heterocycles. The van der Waals surface area contributed by atoms with Crippen molar-refractivity contribution in [3.05, 3.63) is 59.1 Å². The second-order valence-electron chi connectivity index (χ2n) is 5.58. The van der Waals surface area contributed by atoms with Crippen LogP contribution >= 0.6 is 11.6 Å². The van der Waals surface area contributed by atoms with Crippen LogP contribution in [0.15, 0.2) is 53.4 Å². The Labute approximate surface area is 162 Å². The minimum Gasteiger partial charge on any atom is -0.449 e. The van der Waals surface area contributed by atoms with Gasteiger partial charge in [0.15, 0.2) is 6.10 Å². The number of sulfonamides is 1. The van der Waals surface area contributed by atoms with Crippen LogP contribution in [0.2, 0.25) is 5.02 Å². The molecule has 0 aliphatic heterocycles. The molecule has 0 bridgehead atoms. The van der Waals surface area contributed by atoms with E-state index in [4.69, 9.17) is 16.3 Å². The van der Waals surface area contributed by atoms with E-state index in [2.05, 4.69) is 10.0 Å². The molecule has 9 heteroatoms. The number of esters is 1. The van der Waals surface area contributed by atoms with Crippen LogP contribution in [0.1, 0.15) is 24.2 Å². The molecule has 0 aliphatic carbocycles. The predicted octanol–water partition coefficient (Wildman–Crippen LogP) is 2.82. The molecule has 0 aromatic heterocycles. The van der Waals surface area contributed by atoms with Crippen molar-refractivity contribution in [2.75, 3.05) is 11.3 Å². The lowest BCUT2D eigenvalue weighted by Gasteiger charge is -2.13. The number of carbonyl (C=O) groups excluding carboxylic acids is 2. The molecule has 0 saturated carbocycles. The molecule has 144 valence electrons. The largest absolute Gasteiger partial charge is 0.449 e. The molecule has 7 nitrogen and oxygen atoms in total. The third-order valence-electron chi connectivity index (χ3n) is 3.48. The Morgan fingerprint density at radius 3 is 2.44 bits per heavy atom. The number of benzene rings is 2. The third-order valence-corrected chi connectivity index (χ3v) is 5.11. The molecule has 0 aliphatic rings. The van der Waals surface area contributed by atoms with Gasteiger partial charge in [0.25, 0.3) is 15.9 Å². The van der Waals surface area contributed by atoms with Crippen LogP contribution in [0.25, 0.3) is 0 Å². The molecular formula is C18H19ClN2O5S. The number of anilines is 1. The standard InChI is InChI=1S/C18H19ClN2O5S/c1-3-20-17(22)12(2)26-18(23)13-5-4-6-16(11-13)27(24,25)21-15-9-7-14(19)8-10-15/h4-12,21H,3H2,1-2H3,(H,20,22)/t12-/m0/s1. The SMILES string of the molecule is CCNC(=O)[C@H](C)OC(=O)c1cccc(S(=O)(=O)Nc2ccc(Cl)cc2)c1. The number of carbonyl (C=O) groups is 2. The molecule has 0 spiro atoms. The first-order chi connectivity index (χ1) is 12.7. The molecule has 2 N–H and O–H groups in total. The first-order valence-corrected chi connectivity index (χ1v) is 9.96. The summed E-state index contributed by atoms with van der Waals surface area (Å²) in [5.41, 5.74) is 0.349. The van der Waals surface area contributed by atoms with Gasteiger partial charge in [0.1, 0.15) is 0 Å². The summed E-state index contributed by atoms with van der Waals surface area (Å²) in [6.45, 7) is 3.59. The van der Waals surface area contributed by atoms with Crippen LogP contribution in [-0.2, 0) is 19.6 Å². The maximum Gasteiger partial charge on any atom is 0.338 e. The highest BCUT2D eigenvalue weighted by Gasteiger charge is 2.21. The lowest BCUT2D eigenvalue weighted by atomic mass is 10.2. The second kappa shape index (κ2) is 8.88. The first-order valence-electron chi connectivity index (χ1n) is 8.10. The first kappa shape index (κ1) is 20.7.